The molecule has 1 N–H and O–H groups in total. The van der Waals surface area contributed by atoms with E-state index in [2.05, 4.69) is 0 Å². The first-order chi connectivity index (χ1) is 5.07. The van der Waals surface area contributed by atoms with Crippen LogP contribution in [0.5, 0.6) is 0 Å². The van der Waals surface area contributed by atoms with Crippen LogP contribution in [0.15, 0.2) is 11.6 Å². The number of rotatable bonds is 3. The molecule has 0 amide bonds. The van der Waals surface area contributed by atoms with Crippen molar-refractivity contribution in [2.24, 2.45) is 0 Å². The summed E-state index contributed by atoms with van der Waals surface area (Å²) in [5, 5.41) is 8.76. The summed E-state index contributed by atoms with van der Waals surface area (Å²) in [5.74, 6) is -0.367. The Morgan fingerprint density at radius 3 is 2.64 bits per heavy atom. The van der Waals surface area contributed by atoms with Gasteiger partial charge in [-0.15, -0.1) is 0 Å². The lowest BCUT2D eigenvalue weighted by Crippen LogP contribution is -2.15. The molecule has 0 saturated heterocycles. The minimum atomic E-state index is -0.594. The van der Waals surface area contributed by atoms with E-state index in [0.29, 0.717) is 5.57 Å². The fourth-order valence-electron chi connectivity index (χ4n) is 0.428. The Bertz CT molecular complexity index is 159. The average molecular weight is 158 g/mol. The molecule has 0 aromatic heterocycles. The Kier molecular flexibility index (Phi) is 4.54. The van der Waals surface area contributed by atoms with E-state index in [9.17, 15) is 4.79 Å². The minimum absolute atomic E-state index is 0.0595. The molecule has 0 radical (unpaired) electrons. The van der Waals surface area contributed by atoms with E-state index in [0.717, 1.165) is 0 Å². The smallest absolute Gasteiger partial charge is 0.333 e. The molecule has 1 atom stereocenters. The van der Waals surface area contributed by atoms with Gasteiger partial charge in [-0.3, -0.25) is 0 Å². The van der Waals surface area contributed by atoms with Gasteiger partial charge < -0.3 is 9.84 Å². The molecule has 0 aromatic carbocycles. The topological polar surface area (TPSA) is 46.5 Å². The van der Waals surface area contributed by atoms with Gasteiger partial charge in [0.05, 0.1) is 6.10 Å². The van der Waals surface area contributed by atoms with Crippen LogP contribution in [0.4, 0.5) is 0 Å². The number of hydrogen-bond acceptors (Lipinski definition) is 3. The van der Waals surface area contributed by atoms with Crippen LogP contribution in [0.2, 0.25) is 0 Å². The number of carbonyl (C=O) groups is 1. The monoisotopic (exact) mass is 158 g/mol. The van der Waals surface area contributed by atoms with Gasteiger partial charge in [-0.25, -0.2) is 4.79 Å². The van der Waals surface area contributed by atoms with Crippen molar-refractivity contribution in [1.82, 2.24) is 0 Å². The number of carbonyl (C=O) groups excluding carboxylic acids is 1. The molecule has 1 unspecified atom stereocenters. The Balaban J connectivity index is 3.71. The summed E-state index contributed by atoms with van der Waals surface area (Å²) < 4.78 is 4.70. The van der Waals surface area contributed by atoms with Crippen molar-refractivity contribution in [3.8, 4) is 0 Å². The fraction of sp³-hybridized carbons (Fsp3) is 0.625. The van der Waals surface area contributed by atoms with Crippen LogP contribution >= 0.6 is 0 Å². The molecule has 0 aliphatic rings. The maximum absolute atomic E-state index is 10.9. The van der Waals surface area contributed by atoms with Gasteiger partial charge in [-0.2, -0.15) is 0 Å². The van der Waals surface area contributed by atoms with E-state index in [-0.39, 0.29) is 12.6 Å². The van der Waals surface area contributed by atoms with Crippen LogP contribution in [-0.4, -0.2) is 23.8 Å². The first-order valence-electron chi connectivity index (χ1n) is 3.56. The van der Waals surface area contributed by atoms with Crippen molar-refractivity contribution in [3.63, 3.8) is 0 Å². The number of esters is 1. The van der Waals surface area contributed by atoms with Gasteiger partial charge in [0.2, 0.25) is 0 Å². The second-order valence-corrected chi connectivity index (χ2v) is 2.42. The molecule has 0 bridgehead atoms. The molecular formula is C8H14O3. The number of hydrogen-bond donors (Lipinski definition) is 1. The fourth-order valence-corrected chi connectivity index (χ4v) is 0.428. The molecular weight excluding hydrogens is 144 g/mol. The zero-order valence-electron chi connectivity index (χ0n) is 7.13. The third kappa shape index (κ3) is 4.56. The summed E-state index contributed by atoms with van der Waals surface area (Å²) in [6, 6.07) is 0. The van der Waals surface area contributed by atoms with E-state index in [1.807, 2.05) is 0 Å². The van der Waals surface area contributed by atoms with E-state index >= 15 is 0 Å². The molecule has 0 aliphatic carbocycles. The molecule has 0 fully saturated rings. The van der Waals surface area contributed by atoms with Crippen molar-refractivity contribution in [2.75, 3.05) is 6.61 Å². The predicted octanol–water partition coefficient (Wildman–Crippen LogP) is 0.877. The lowest BCUT2D eigenvalue weighted by molar-refractivity contribution is -0.141. The van der Waals surface area contributed by atoms with Crippen molar-refractivity contribution < 1.29 is 14.6 Å². The van der Waals surface area contributed by atoms with Crippen LogP contribution in [0.25, 0.3) is 0 Å². The molecule has 64 valence electrons. The van der Waals surface area contributed by atoms with Crippen LogP contribution in [-0.2, 0) is 9.53 Å². The number of aliphatic hydroxyl groups is 1. The molecule has 0 rings (SSSR count). The van der Waals surface area contributed by atoms with Gasteiger partial charge in [0.25, 0.3) is 0 Å². The summed E-state index contributed by atoms with van der Waals surface area (Å²) in [6.07, 6.45) is 1.08. The average Bonchev–Trinajstić information content (AvgIpc) is 1.98. The highest BCUT2D eigenvalue weighted by Gasteiger charge is 2.05. The first kappa shape index (κ1) is 10.2. The first-order valence-corrected chi connectivity index (χ1v) is 3.56. The molecule has 3 heteroatoms. The minimum Gasteiger partial charge on any atom is -0.460 e. The van der Waals surface area contributed by atoms with Gasteiger partial charge >= 0.3 is 5.97 Å². The van der Waals surface area contributed by atoms with Gasteiger partial charge in [0, 0.05) is 5.57 Å². The summed E-state index contributed by atoms with van der Waals surface area (Å²) in [5.41, 5.74) is 0.561. The van der Waals surface area contributed by atoms with Gasteiger partial charge in [0.1, 0.15) is 6.61 Å². The van der Waals surface area contributed by atoms with Crippen LogP contribution in [0.3, 0.4) is 0 Å². The quantitative estimate of drug-likeness (QED) is 0.490. The third-order valence-corrected chi connectivity index (χ3v) is 1.21. The zero-order valence-corrected chi connectivity index (χ0v) is 7.13. The normalized spacial score (nSPS) is 14.4. The highest BCUT2D eigenvalue weighted by molar-refractivity contribution is 5.87. The molecule has 11 heavy (non-hydrogen) atoms. The van der Waals surface area contributed by atoms with E-state index in [4.69, 9.17) is 9.84 Å². The van der Waals surface area contributed by atoms with Gasteiger partial charge in [-0.05, 0) is 20.8 Å². The van der Waals surface area contributed by atoms with Crippen molar-refractivity contribution in [1.29, 1.82) is 0 Å². The van der Waals surface area contributed by atoms with E-state index < -0.39 is 6.10 Å². The maximum Gasteiger partial charge on any atom is 0.333 e. The summed E-state index contributed by atoms with van der Waals surface area (Å²) in [6.45, 7) is 5.06. The van der Waals surface area contributed by atoms with E-state index in [1.54, 1.807) is 26.8 Å². The lowest BCUT2D eigenvalue weighted by Gasteiger charge is -2.05. The van der Waals surface area contributed by atoms with Crippen LogP contribution < -0.4 is 0 Å². The highest BCUT2D eigenvalue weighted by Crippen LogP contribution is 1.96. The SMILES string of the molecule is CC=C(C)C(=O)OCC(C)O. The van der Waals surface area contributed by atoms with Crippen molar-refractivity contribution in [3.05, 3.63) is 11.6 Å². The predicted molar refractivity (Wildman–Crippen MR) is 42.1 cm³/mol. The molecule has 0 heterocycles. The Labute approximate surface area is 66.7 Å². The standard InChI is InChI=1S/C8H14O3/c1-4-6(2)8(10)11-5-7(3)9/h4,7,9H,5H2,1-3H3. The highest BCUT2D eigenvalue weighted by atomic mass is 16.5. The largest absolute Gasteiger partial charge is 0.460 e. The second kappa shape index (κ2) is 4.91. The van der Waals surface area contributed by atoms with Crippen LogP contribution in [0.1, 0.15) is 20.8 Å². The molecule has 0 aliphatic heterocycles. The Morgan fingerprint density at radius 1 is 1.73 bits per heavy atom. The lowest BCUT2D eigenvalue weighted by atomic mass is 10.3. The number of aliphatic hydroxyl groups excluding tert-OH is 1. The molecule has 0 saturated carbocycles. The third-order valence-electron chi connectivity index (χ3n) is 1.21. The molecule has 0 aromatic rings. The zero-order chi connectivity index (χ0) is 8.85. The molecule has 3 nitrogen and oxygen atoms in total. The number of ether oxygens (including phenoxy) is 1. The van der Waals surface area contributed by atoms with Crippen LogP contribution in [0, 0.1) is 0 Å². The van der Waals surface area contributed by atoms with E-state index in [1.165, 1.54) is 0 Å². The van der Waals surface area contributed by atoms with Crippen molar-refractivity contribution in [2.45, 2.75) is 26.9 Å². The van der Waals surface area contributed by atoms with Gasteiger partial charge in [-0.1, -0.05) is 6.08 Å². The number of allylic oxidation sites excluding steroid dienone is 1. The summed E-state index contributed by atoms with van der Waals surface area (Å²) in [7, 11) is 0. The van der Waals surface area contributed by atoms with Crippen molar-refractivity contribution >= 4 is 5.97 Å². The molecule has 0 spiro atoms. The van der Waals surface area contributed by atoms with Gasteiger partial charge in [0.15, 0.2) is 0 Å². The summed E-state index contributed by atoms with van der Waals surface area (Å²) >= 11 is 0. The Morgan fingerprint density at radius 2 is 2.27 bits per heavy atom. The second-order valence-electron chi connectivity index (χ2n) is 2.42. The summed E-state index contributed by atoms with van der Waals surface area (Å²) in [4.78, 5) is 10.9. The maximum atomic E-state index is 10.9. The Hall–Kier alpha value is -0.830.